The monoisotopic (exact) mass is 269 g/mol. The third-order valence-corrected chi connectivity index (χ3v) is 2.81. The molecule has 2 aromatic rings. The van der Waals surface area contributed by atoms with Crippen LogP contribution in [0.1, 0.15) is 32.0 Å². The molecule has 20 heavy (non-hydrogen) atoms. The number of carbonyl (C=O) groups excluding carboxylic acids is 2. The van der Waals surface area contributed by atoms with E-state index in [1.54, 1.807) is 0 Å². The summed E-state index contributed by atoms with van der Waals surface area (Å²) in [5, 5.41) is 2.76. The van der Waals surface area contributed by atoms with E-state index in [9.17, 15) is 9.59 Å². The molecule has 0 radical (unpaired) electrons. The van der Waals surface area contributed by atoms with E-state index in [0.717, 1.165) is 11.1 Å². The van der Waals surface area contributed by atoms with E-state index < -0.39 is 5.91 Å². The first-order valence-electron chi connectivity index (χ1n) is 6.16. The van der Waals surface area contributed by atoms with Crippen molar-refractivity contribution in [3.63, 3.8) is 0 Å². The minimum atomic E-state index is -0.583. The summed E-state index contributed by atoms with van der Waals surface area (Å²) < 4.78 is 0. The molecule has 1 aromatic carbocycles. The molecule has 0 aliphatic heterocycles. The van der Waals surface area contributed by atoms with Crippen LogP contribution in [0.3, 0.4) is 0 Å². The Morgan fingerprint density at radius 3 is 2.75 bits per heavy atom. The maximum Gasteiger partial charge on any atom is 0.270 e. The molecule has 0 aliphatic rings. The first-order valence-corrected chi connectivity index (χ1v) is 6.16. The largest absolute Gasteiger partial charge is 0.366 e. The van der Waals surface area contributed by atoms with Gasteiger partial charge in [-0.25, -0.2) is 0 Å². The van der Waals surface area contributed by atoms with E-state index in [4.69, 9.17) is 5.73 Å². The van der Waals surface area contributed by atoms with Crippen molar-refractivity contribution in [1.82, 2.24) is 10.3 Å². The first kappa shape index (κ1) is 13.7. The van der Waals surface area contributed by atoms with E-state index in [1.165, 1.54) is 18.3 Å². The molecule has 1 heterocycles. The number of carbonyl (C=O) groups is 2. The van der Waals surface area contributed by atoms with Crippen LogP contribution < -0.4 is 11.1 Å². The van der Waals surface area contributed by atoms with E-state index >= 15 is 0 Å². The van der Waals surface area contributed by atoms with Gasteiger partial charge in [0.1, 0.15) is 5.69 Å². The lowest BCUT2D eigenvalue weighted by Crippen LogP contribution is -2.24. The van der Waals surface area contributed by atoms with Gasteiger partial charge in [-0.15, -0.1) is 0 Å². The number of hydrogen-bond donors (Lipinski definition) is 2. The summed E-state index contributed by atoms with van der Waals surface area (Å²) in [7, 11) is 0. The van der Waals surface area contributed by atoms with Gasteiger partial charge in [0.05, 0.1) is 0 Å². The summed E-state index contributed by atoms with van der Waals surface area (Å²) >= 11 is 0. The molecule has 0 saturated carbocycles. The summed E-state index contributed by atoms with van der Waals surface area (Å²) in [5.41, 5.74) is 7.74. The lowest BCUT2D eigenvalue weighted by atomic mass is 10.1. The van der Waals surface area contributed by atoms with Gasteiger partial charge in [0.25, 0.3) is 5.91 Å². The molecular formula is C15H15N3O2. The number of nitrogens with zero attached hydrogens (tertiary/aromatic N) is 1. The fourth-order valence-electron chi connectivity index (χ4n) is 1.80. The van der Waals surface area contributed by atoms with E-state index in [0.29, 0.717) is 6.54 Å². The highest BCUT2D eigenvalue weighted by molar-refractivity contribution is 5.97. The van der Waals surface area contributed by atoms with E-state index in [1.807, 2.05) is 31.2 Å². The van der Waals surface area contributed by atoms with Crippen molar-refractivity contribution in [2.24, 2.45) is 5.73 Å². The van der Waals surface area contributed by atoms with Gasteiger partial charge in [0.15, 0.2) is 0 Å². The van der Waals surface area contributed by atoms with Crippen LogP contribution in [0.5, 0.6) is 0 Å². The van der Waals surface area contributed by atoms with Gasteiger partial charge >= 0.3 is 0 Å². The van der Waals surface area contributed by atoms with Crippen LogP contribution in [0.2, 0.25) is 0 Å². The van der Waals surface area contributed by atoms with Gasteiger partial charge in [0.2, 0.25) is 5.91 Å². The number of benzene rings is 1. The van der Waals surface area contributed by atoms with E-state index in [-0.39, 0.29) is 17.2 Å². The molecule has 5 nitrogen and oxygen atoms in total. The maximum atomic E-state index is 12.0. The first-order chi connectivity index (χ1) is 9.56. The second kappa shape index (κ2) is 5.97. The third-order valence-electron chi connectivity index (χ3n) is 2.81. The van der Waals surface area contributed by atoms with Crippen molar-refractivity contribution in [3.05, 3.63) is 65.0 Å². The molecule has 0 atom stereocenters. The van der Waals surface area contributed by atoms with Crippen LogP contribution in [0.25, 0.3) is 0 Å². The van der Waals surface area contributed by atoms with Gasteiger partial charge in [0, 0.05) is 18.3 Å². The van der Waals surface area contributed by atoms with Crippen LogP contribution in [-0.2, 0) is 6.54 Å². The quantitative estimate of drug-likeness (QED) is 0.880. The number of pyridine rings is 1. The van der Waals surface area contributed by atoms with Crippen molar-refractivity contribution in [2.45, 2.75) is 13.5 Å². The Morgan fingerprint density at radius 1 is 1.25 bits per heavy atom. The predicted molar refractivity (Wildman–Crippen MR) is 75.1 cm³/mol. The van der Waals surface area contributed by atoms with Crippen LogP contribution >= 0.6 is 0 Å². The molecule has 2 amide bonds. The highest BCUT2D eigenvalue weighted by atomic mass is 16.2. The molecule has 0 aliphatic carbocycles. The number of aryl methyl sites for hydroxylation is 1. The number of hydrogen-bond acceptors (Lipinski definition) is 3. The lowest BCUT2D eigenvalue weighted by Gasteiger charge is -2.06. The van der Waals surface area contributed by atoms with Crippen molar-refractivity contribution in [1.29, 1.82) is 0 Å². The highest BCUT2D eigenvalue weighted by Crippen LogP contribution is 2.05. The smallest absolute Gasteiger partial charge is 0.270 e. The number of nitrogens with one attached hydrogen (secondary N) is 1. The summed E-state index contributed by atoms with van der Waals surface area (Å²) in [5.74, 6) is -0.922. The highest BCUT2D eigenvalue weighted by Gasteiger charge is 2.09. The minimum Gasteiger partial charge on any atom is -0.366 e. The average molecular weight is 269 g/mol. The van der Waals surface area contributed by atoms with Crippen molar-refractivity contribution < 1.29 is 9.59 Å². The average Bonchev–Trinajstić information content (AvgIpc) is 2.45. The molecule has 0 bridgehead atoms. The zero-order valence-electron chi connectivity index (χ0n) is 11.1. The molecule has 0 unspecified atom stereocenters. The minimum absolute atomic E-state index is 0.175. The summed E-state index contributed by atoms with van der Waals surface area (Å²) in [6.45, 7) is 2.40. The number of amides is 2. The molecular weight excluding hydrogens is 254 g/mol. The summed E-state index contributed by atoms with van der Waals surface area (Å²) in [6.07, 6.45) is 1.39. The van der Waals surface area contributed by atoms with Crippen LogP contribution in [0.15, 0.2) is 42.6 Å². The fourth-order valence-corrected chi connectivity index (χ4v) is 1.80. The van der Waals surface area contributed by atoms with Crippen LogP contribution in [0.4, 0.5) is 0 Å². The van der Waals surface area contributed by atoms with Gasteiger partial charge in [-0.05, 0) is 24.6 Å². The molecule has 0 spiro atoms. The molecule has 1 aromatic heterocycles. The number of aromatic nitrogens is 1. The fraction of sp³-hybridized carbons (Fsp3) is 0.133. The Kier molecular flexibility index (Phi) is 4.10. The standard InChI is InChI=1S/C15H15N3O2/c1-10-3-2-4-11(7-10)9-18-15(20)13-8-12(14(16)19)5-6-17-13/h2-8H,9H2,1H3,(H2,16,19)(H,18,20). The number of nitrogens with two attached hydrogens (primary N) is 1. The second-order valence-corrected chi connectivity index (χ2v) is 4.47. The molecule has 0 saturated heterocycles. The molecule has 2 rings (SSSR count). The second-order valence-electron chi connectivity index (χ2n) is 4.47. The zero-order chi connectivity index (χ0) is 14.5. The normalized spacial score (nSPS) is 10.1. The van der Waals surface area contributed by atoms with Gasteiger partial charge in [-0.2, -0.15) is 0 Å². The van der Waals surface area contributed by atoms with E-state index in [2.05, 4.69) is 10.3 Å². The molecule has 0 fully saturated rings. The Bertz CT molecular complexity index is 653. The Balaban J connectivity index is 2.05. The number of primary amides is 1. The lowest BCUT2D eigenvalue weighted by molar-refractivity contribution is 0.0946. The Labute approximate surface area is 116 Å². The van der Waals surface area contributed by atoms with Crippen molar-refractivity contribution in [2.75, 3.05) is 0 Å². The third kappa shape index (κ3) is 3.41. The van der Waals surface area contributed by atoms with Crippen molar-refractivity contribution in [3.8, 4) is 0 Å². The Hall–Kier alpha value is -2.69. The summed E-state index contributed by atoms with van der Waals surface area (Å²) in [4.78, 5) is 26.9. The SMILES string of the molecule is Cc1cccc(CNC(=O)c2cc(C(N)=O)ccn2)c1. The Morgan fingerprint density at radius 2 is 2.05 bits per heavy atom. The molecule has 102 valence electrons. The number of rotatable bonds is 4. The maximum absolute atomic E-state index is 12.0. The summed E-state index contributed by atoms with van der Waals surface area (Å²) in [6, 6.07) is 10.7. The molecule has 3 N–H and O–H groups in total. The topological polar surface area (TPSA) is 85.1 Å². The predicted octanol–water partition coefficient (Wildman–Crippen LogP) is 1.42. The van der Waals surface area contributed by atoms with Gasteiger partial charge in [-0.3, -0.25) is 14.6 Å². The van der Waals surface area contributed by atoms with Crippen LogP contribution in [-0.4, -0.2) is 16.8 Å². The van der Waals surface area contributed by atoms with Gasteiger partial charge in [-0.1, -0.05) is 29.8 Å². The molecule has 5 heteroatoms. The zero-order valence-corrected chi connectivity index (χ0v) is 11.1. The van der Waals surface area contributed by atoms with Crippen molar-refractivity contribution >= 4 is 11.8 Å². The van der Waals surface area contributed by atoms with Crippen LogP contribution in [0, 0.1) is 6.92 Å². The van der Waals surface area contributed by atoms with Gasteiger partial charge < -0.3 is 11.1 Å².